The van der Waals surface area contributed by atoms with Gasteiger partial charge in [0.25, 0.3) is 0 Å². The minimum Gasteiger partial charge on any atom is -0.370 e. The molecule has 0 atom stereocenters. The number of aryl methyl sites for hydroxylation is 1. The molecule has 1 amide bonds. The average Bonchev–Trinajstić information content (AvgIpc) is 2.63. The van der Waals surface area contributed by atoms with Gasteiger partial charge in [0.05, 0.1) is 0 Å². The van der Waals surface area contributed by atoms with Crippen molar-refractivity contribution in [3.05, 3.63) is 58.9 Å². The second-order valence-electron chi connectivity index (χ2n) is 6.71. The lowest BCUT2D eigenvalue weighted by Crippen LogP contribution is -2.33. The highest BCUT2D eigenvalue weighted by Gasteiger charge is 2.22. The molecule has 136 valence electrons. The number of anilines is 2. The fourth-order valence-electron chi connectivity index (χ4n) is 3.44. The maximum absolute atomic E-state index is 14.1. The normalized spacial score (nSPS) is 13.3. The first-order valence-electron chi connectivity index (χ1n) is 8.89. The van der Waals surface area contributed by atoms with E-state index in [0.29, 0.717) is 24.2 Å². The Labute approximate surface area is 153 Å². The molecule has 0 spiro atoms. The molecule has 0 aliphatic carbocycles. The molecular weight excluding hydrogens is 331 g/mol. The molecule has 0 saturated heterocycles. The van der Waals surface area contributed by atoms with Gasteiger partial charge in [-0.25, -0.2) is 4.39 Å². The van der Waals surface area contributed by atoms with Crippen LogP contribution in [0.3, 0.4) is 0 Å². The Morgan fingerprint density at radius 1 is 1.15 bits per heavy atom. The minimum atomic E-state index is -0.162. The molecular formula is C21H23FN2O2. The topological polar surface area (TPSA) is 49.4 Å². The van der Waals surface area contributed by atoms with Gasteiger partial charge in [0.2, 0.25) is 5.91 Å². The van der Waals surface area contributed by atoms with Crippen molar-refractivity contribution in [2.75, 3.05) is 23.3 Å². The zero-order valence-corrected chi connectivity index (χ0v) is 15.1. The van der Waals surface area contributed by atoms with Gasteiger partial charge in [-0.3, -0.25) is 9.59 Å². The fourth-order valence-corrected chi connectivity index (χ4v) is 3.44. The third kappa shape index (κ3) is 3.93. The number of halogens is 1. The summed E-state index contributed by atoms with van der Waals surface area (Å²) in [4.78, 5) is 25.7. The predicted octanol–water partition coefficient (Wildman–Crippen LogP) is 4.12. The van der Waals surface area contributed by atoms with Crippen molar-refractivity contribution < 1.29 is 14.0 Å². The SMILES string of the molecule is CC(=O)c1ccc(NC(=O)CCN2CCCc3c(F)ccc(C)c32)cc1. The van der Waals surface area contributed by atoms with Crippen molar-refractivity contribution in [1.82, 2.24) is 0 Å². The molecule has 3 rings (SSSR count). The maximum Gasteiger partial charge on any atom is 0.226 e. The number of Topliss-reactive ketones (excluding diaryl/α,β-unsaturated/α-hetero) is 1. The van der Waals surface area contributed by atoms with E-state index < -0.39 is 0 Å². The average molecular weight is 354 g/mol. The lowest BCUT2D eigenvalue weighted by atomic mass is 9.97. The summed E-state index contributed by atoms with van der Waals surface area (Å²) in [5.74, 6) is -0.263. The molecule has 5 heteroatoms. The van der Waals surface area contributed by atoms with Crippen LogP contribution in [0.15, 0.2) is 36.4 Å². The van der Waals surface area contributed by atoms with E-state index in [0.717, 1.165) is 36.2 Å². The third-order valence-corrected chi connectivity index (χ3v) is 4.78. The highest BCUT2D eigenvalue weighted by atomic mass is 19.1. The number of amides is 1. The van der Waals surface area contributed by atoms with Crippen LogP contribution in [0.1, 0.15) is 41.3 Å². The van der Waals surface area contributed by atoms with E-state index in [9.17, 15) is 14.0 Å². The number of nitrogens with zero attached hydrogens (tertiary/aromatic N) is 1. The van der Waals surface area contributed by atoms with Gasteiger partial charge in [-0.15, -0.1) is 0 Å². The molecule has 1 aliphatic heterocycles. The van der Waals surface area contributed by atoms with E-state index in [1.54, 1.807) is 30.3 Å². The van der Waals surface area contributed by atoms with Crippen molar-refractivity contribution in [1.29, 1.82) is 0 Å². The Balaban J connectivity index is 1.62. The first-order chi connectivity index (χ1) is 12.5. The molecule has 2 aromatic carbocycles. The highest BCUT2D eigenvalue weighted by Crippen LogP contribution is 2.32. The Morgan fingerprint density at radius 3 is 2.58 bits per heavy atom. The largest absolute Gasteiger partial charge is 0.370 e. The number of carbonyl (C=O) groups excluding carboxylic acids is 2. The van der Waals surface area contributed by atoms with Crippen molar-refractivity contribution in [3.63, 3.8) is 0 Å². The molecule has 0 aromatic heterocycles. The van der Waals surface area contributed by atoms with Crippen molar-refractivity contribution in [3.8, 4) is 0 Å². The zero-order chi connectivity index (χ0) is 18.7. The summed E-state index contributed by atoms with van der Waals surface area (Å²) in [7, 11) is 0. The number of rotatable bonds is 5. The van der Waals surface area contributed by atoms with Crippen LogP contribution in [0.25, 0.3) is 0 Å². The summed E-state index contributed by atoms with van der Waals surface area (Å²) < 4.78 is 14.1. The van der Waals surface area contributed by atoms with Gasteiger partial charge in [0.1, 0.15) is 5.82 Å². The van der Waals surface area contributed by atoms with Crippen LogP contribution >= 0.6 is 0 Å². The molecule has 0 fully saturated rings. The van der Waals surface area contributed by atoms with Crippen LogP contribution in [0.5, 0.6) is 0 Å². The van der Waals surface area contributed by atoms with Crippen LogP contribution < -0.4 is 10.2 Å². The number of nitrogens with one attached hydrogen (secondary N) is 1. The summed E-state index contributed by atoms with van der Waals surface area (Å²) in [6.07, 6.45) is 1.96. The number of hydrogen-bond donors (Lipinski definition) is 1. The van der Waals surface area contributed by atoms with E-state index in [1.165, 1.54) is 13.0 Å². The molecule has 0 bridgehead atoms. The van der Waals surface area contributed by atoms with Gasteiger partial charge in [0.15, 0.2) is 5.78 Å². The van der Waals surface area contributed by atoms with Crippen LogP contribution in [-0.4, -0.2) is 24.8 Å². The van der Waals surface area contributed by atoms with Gasteiger partial charge < -0.3 is 10.2 Å². The first kappa shape index (κ1) is 18.1. The Hall–Kier alpha value is -2.69. The highest BCUT2D eigenvalue weighted by molar-refractivity contribution is 5.95. The Bertz CT molecular complexity index is 831. The summed E-state index contributed by atoms with van der Waals surface area (Å²) in [6, 6.07) is 10.2. The van der Waals surface area contributed by atoms with E-state index in [1.807, 2.05) is 6.92 Å². The standard InChI is InChI=1S/C21H23FN2O2/c1-14-5-10-19(22)18-4-3-12-24(21(14)18)13-11-20(26)23-17-8-6-16(7-9-17)15(2)25/h5-10H,3-4,11-13H2,1-2H3,(H,23,26). The molecule has 0 radical (unpaired) electrons. The Morgan fingerprint density at radius 2 is 1.88 bits per heavy atom. The second kappa shape index (κ2) is 7.68. The maximum atomic E-state index is 14.1. The molecule has 2 aromatic rings. The Kier molecular flexibility index (Phi) is 5.35. The van der Waals surface area contributed by atoms with Crippen LogP contribution in [0, 0.1) is 12.7 Å². The smallest absolute Gasteiger partial charge is 0.226 e. The second-order valence-corrected chi connectivity index (χ2v) is 6.71. The number of carbonyl (C=O) groups is 2. The van der Waals surface area contributed by atoms with Gasteiger partial charge in [-0.1, -0.05) is 6.07 Å². The summed E-state index contributed by atoms with van der Waals surface area (Å²) in [5, 5.41) is 2.85. The summed E-state index contributed by atoms with van der Waals surface area (Å²) in [6.45, 7) is 4.87. The zero-order valence-electron chi connectivity index (χ0n) is 15.1. The summed E-state index contributed by atoms with van der Waals surface area (Å²) in [5.41, 5.74) is 4.03. The van der Waals surface area contributed by atoms with E-state index in [2.05, 4.69) is 10.2 Å². The fraction of sp³-hybridized carbons (Fsp3) is 0.333. The molecule has 1 heterocycles. The molecule has 0 saturated carbocycles. The van der Waals surface area contributed by atoms with Crippen molar-refractivity contribution in [2.45, 2.75) is 33.1 Å². The number of fused-ring (bicyclic) bond motifs is 1. The molecule has 1 N–H and O–H groups in total. The molecule has 26 heavy (non-hydrogen) atoms. The molecule has 1 aliphatic rings. The lowest BCUT2D eigenvalue weighted by molar-refractivity contribution is -0.116. The first-order valence-corrected chi connectivity index (χ1v) is 8.89. The minimum absolute atomic E-state index is 0.00533. The quantitative estimate of drug-likeness (QED) is 0.822. The summed E-state index contributed by atoms with van der Waals surface area (Å²) >= 11 is 0. The van der Waals surface area contributed by atoms with E-state index in [4.69, 9.17) is 0 Å². The third-order valence-electron chi connectivity index (χ3n) is 4.78. The predicted molar refractivity (Wildman–Crippen MR) is 101 cm³/mol. The van der Waals surface area contributed by atoms with Crippen molar-refractivity contribution >= 4 is 23.1 Å². The van der Waals surface area contributed by atoms with Gasteiger partial charge in [0, 0.05) is 42.0 Å². The monoisotopic (exact) mass is 354 g/mol. The lowest BCUT2D eigenvalue weighted by Gasteiger charge is -2.33. The van der Waals surface area contributed by atoms with E-state index in [-0.39, 0.29) is 17.5 Å². The molecule has 4 nitrogen and oxygen atoms in total. The van der Waals surface area contributed by atoms with Crippen LogP contribution in [0.4, 0.5) is 15.8 Å². The van der Waals surface area contributed by atoms with E-state index >= 15 is 0 Å². The number of hydrogen-bond acceptors (Lipinski definition) is 3. The number of benzene rings is 2. The van der Waals surface area contributed by atoms with Crippen molar-refractivity contribution in [2.24, 2.45) is 0 Å². The van der Waals surface area contributed by atoms with Gasteiger partial charge in [-0.05, 0) is 62.6 Å². The van der Waals surface area contributed by atoms with Crippen LogP contribution in [0.2, 0.25) is 0 Å². The van der Waals surface area contributed by atoms with Gasteiger partial charge in [-0.2, -0.15) is 0 Å². The van der Waals surface area contributed by atoms with Gasteiger partial charge >= 0.3 is 0 Å². The molecule has 0 unspecified atom stereocenters. The number of ketones is 1. The van der Waals surface area contributed by atoms with Crippen LogP contribution in [-0.2, 0) is 11.2 Å².